The van der Waals surface area contributed by atoms with Crippen molar-refractivity contribution in [2.45, 2.75) is 20.0 Å². The number of nitrogens with zero attached hydrogens (tertiary/aromatic N) is 2. The highest BCUT2D eigenvalue weighted by Crippen LogP contribution is 2.17. The van der Waals surface area contributed by atoms with Gasteiger partial charge in [0.1, 0.15) is 0 Å². The zero-order valence-electron chi connectivity index (χ0n) is 11.1. The first-order chi connectivity index (χ1) is 9.17. The van der Waals surface area contributed by atoms with Crippen LogP contribution in [0.3, 0.4) is 0 Å². The second-order valence-corrected chi connectivity index (χ2v) is 6.40. The third-order valence-corrected chi connectivity index (χ3v) is 4.26. The molecule has 0 aliphatic heterocycles. The lowest BCUT2D eigenvalue weighted by Crippen LogP contribution is -2.16. The predicted octanol–water partition coefficient (Wildman–Crippen LogP) is 2.46. The van der Waals surface area contributed by atoms with E-state index in [4.69, 9.17) is 5.73 Å². The lowest BCUT2D eigenvalue weighted by molar-refractivity contribution is 0.318. The van der Waals surface area contributed by atoms with Crippen molar-refractivity contribution in [2.75, 3.05) is 13.6 Å². The van der Waals surface area contributed by atoms with E-state index >= 15 is 0 Å². The molecule has 100 valence electrons. The summed E-state index contributed by atoms with van der Waals surface area (Å²) in [7, 11) is 2.11. The van der Waals surface area contributed by atoms with Crippen molar-refractivity contribution in [3.63, 3.8) is 0 Å². The molecule has 0 saturated heterocycles. The molecule has 0 aliphatic rings. The molecular weight excluding hydrogens is 274 g/mol. The van der Waals surface area contributed by atoms with Gasteiger partial charge in [-0.1, -0.05) is 11.8 Å². The highest BCUT2D eigenvalue weighted by atomic mass is 32.1. The van der Waals surface area contributed by atoms with Gasteiger partial charge in [-0.25, -0.2) is 4.98 Å². The summed E-state index contributed by atoms with van der Waals surface area (Å²) in [6.45, 7) is 4.25. The monoisotopic (exact) mass is 291 g/mol. The summed E-state index contributed by atoms with van der Waals surface area (Å²) >= 11 is 3.44. The number of aromatic nitrogens is 1. The maximum atomic E-state index is 5.37. The second-order valence-electron chi connectivity index (χ2n) is 4.34. The van der Waals surface area contributed by atoms with Crippen LogP contribution in [0.2, 0.25) is 0 Å². The largest absolute Gasteiger partial charge is 0.320 e. The van der Waals surface area contributed by atoms with Crippen molar-refractivity contribution in [3.05, 3.63) is 38.0 Å². The Morgan fingerprint density at radius 1 is 1.32 bits per heavy atom. The minimum absolute atomic E-state index is 0.411. The van der Waals surface area contributed by atoms with Crippen LogP contribution in [-0.2, 0) is 13.1 Å². The molecule has 0 unspecified atom stereocenters. The van der Waals surface area contributed by atoms with Gasteiger partial charge in [0.2, 0.25) is 0 Å². The topological polar surface area (TPSA) is 42.2 Å². The fraction of sp³-hybridized carbons (Fsp3) is 0.357. The molecule has 0 aromatic carbocycles. The molecule has 0 bridgehead atoms. The van der Waals surface area contributed by atoms with Crippen LogP contribution in [0.25, 0.3) is 0 Å². The van der Waals surface area contributed by atoms with Gasteiger partial charge in [0.25, 0.3) is 0 Å². The van der Waals surface area contributed by atoms with E-state index < -0.39 is 0 Å². The Labute approximate surface area is 122 Å². The molecule has 0 saturated carbocycles. The van der Waals surface area contributed by atoms with Crippen molar-refractivity contribution in [3.8, 4) is 11.8 Å². The van der Waals surface area contributed by atoms with E-state index in [1.54, 1.807) is 22.7 Å². The van der Waals surface area contributed by atoms with Gasteiger partial charge in [0.15, 0.2) is 0 Å². The van der Waals surface area contributed by atoms with Gasteiger partial charge in [-0.2, -0.15) is 0 Å². The van der Waals surface area contributed by atoms with E-state index in [9.17, 15) is 0 Å². The smallest absolute Gasteiger partial charge is 0.0897 e. The lowest BCUT2D eigenvalue weighted by atomic mass is 10.3. The van der Waals surface area contributed by atoms with Crippen molar-refractivity contribution in [2.24, 2.45) is 5.73 Å². The Bertz CT molecular complexity index is 589. The third-order valence-electron chi connectivity index (χ3n) is 2.51. The summed E-state index contributed by atoms with van der Waals surface area (Å²) in [6, 6.07) is 2.14. The number of thiazole rings is 1. The first-order valence-corrected chi connectivity index (χ1v) is 7.79. The van der Waals surface area contributed by atoms with E-state index in [1.165, 1.54) is 4.88 Å². The highest BCUT2D eigenvalue weighted by molar-refractivity contribution is 7.10. The minimum Gasteiger partial charge on any atom is -0.320 e. The van der Waals surface area contributed by atoms with E-state index in [0.29, 0.717) is 6.54 Å². The zero-order chi connectivity index (χ0) is 13.7. The average Bonchev–Trinajstić information content (AvgIpc) is 2.96. The number of aryl methyl sites for hydroxylation is 1. The van der Waals surface area contributed by atoms with Crippen LogP contribution in [0, 0.1) is 18.8 Å². The fourth-order valence-corrected chi connectivity index (χ4v) is 3.26. The van der Waals surface area contributed by atoms with E-state index in [-0.39, 0.29) is 0 Å². The van der Waals surface area contributed by atoms with Crippen molar-refractivity contribution < 1.29 is 0 Å². The molecule has 2 rings (SSSR count). The van der Waals surface area contributed by atoms with Crippen molar-refractivity contribution in [1.82, 2.24) is 9.88 Å². The molecular formula is C14H17N3S2. The highest BCUT2D eigenvalue weighted by Gasteiger charge is 2.06. The van der Waals surface area contributed by atoms with E-state index in [2.05, 4.69) is 45.6 Å². The van der Waals surface area contributed by atoms with Crippen LogP contribution >= 0.6 is 22.7 Å². The molecule has 19 heavy (non-hydrogen) atoms. The Kier molecular flexibility index (Phi) is 5.11. The van der Waals surface area contributed by atoms with Crippen molar-refractivity contribution >= 4 is 22.7 Å². The van der Waals surface area contributed by atoms with Gasteiger partial charge in [0, 0.05) is 34.3 Å². The summed E-state index contributed by atoms with van der Waals surface area (Å²) in [5.41, 5.74) is 7.57. The molecule has 2 N–H and O–H groups in total. The SMILES string of the molecule is Cc1nc(CN(C)Cc2cc(C#CCN)cs2)cs1. The zero-order valence-corrected chi connectivity index (χ0v) is 12.8. The van der Waals surface area contributed by atoms with Crippen LogP contribution in [-0.4, -0.2) is 23.5 Å². The number of rotatable bonds is 4. The number of nitrogens with two attached hydrogens (primary N) is 1. The first kappa shape index (κ1) is 14.2. The minimum atomic E-state index is 0.411. The van der Waals surface area contributed by atoms with Crippen LogP contribution in [0.15, 0.2) is 16.8 Å². The summed E-state index contributed by atoms with van der Waals surface area (Å²) in [4.78, 5) is 8.06. The maximum Gasteiger partial charge on any atom is 0.0897 e. The summed E-state index contributed by atoms with van der Waals surface area (Å²) in [5.74, 6) is 5.93. The Balaban J connectivity index is 1.91. The summed E-state index contributed by atoms with van der Waals surface area (Å²) in [6.07, 6.45) is 0. The second kappa shape index (κ2) is 6.83. The molecule has 3 nitrogen and oxygen atoms in total. The van der Waals surface area contributed by atoms with E-state index in [0.717, 1.165) is 29.4 Å². The van der Waals surface area contributed by atoms with Crippen molar-refractivity contribution in [1.29, 1.82) is 0 Å². The van der Waals surface area contributed by atoms with Gasteiger partial charge in [-0.3, -0.25) is 4.90 Å². The third kappa shape index (κ3) is 4.44. The summed E-state index contributed by atoms with van der Waals surface area (Å²) in [5, 5.41) is 5.33. The number of thiophene rings is 1. The summed E-state index contributed by atoms with van der Waals surface area (Å²) < 4.78 is 0. The normalized spacial score (nSPS) is 10.5. The average molecular weight is 291 g/mol. The molecule has 0 amide bonds. The predicted molar refractivity (Wildman–Crippen MR) is 82.3 cm³/mol. The standard InChI is InChI=1S/C14H17N3S2/c1-11-16-13(10-18-11)7-17(2)8-14-6-12(9-19-14)4-3-5-15/h6,9-10H,5,7-8,15H2,1-2H3. The maximum absolute atomic E-state index is 5.37. The quantitative estimate of drug-likeness (QED) is 0.880. The van der Waals surface area contributed by atoms with Gasteiger partial charge in [-0.15, -0.1) is 22.7 Å². The van der Waals surface area contributed by atoms with Crippen LogP contribution in [0.1, 0.15) is 21.1 Å². The number of hydrogen-bond donors (Lipinski definition) is 1. The van der Waals surface area contributed by atoms with Gasteiger partial charge in [-0.05, 0) is 20.0 Å². The Morgan fingerprint density at radius 2 is 2.16 bits per heavy atom. The van der Waals surface area contributed by atoms with E-state index in [1.807, 2.05) is 6.92 Å². The Hall–Kier alpha value is -1.19. The van der Waals surface area contributed by atoms with Crippen LogP contribution in [0.4, 0.5) is 0 Å². The number of hydrogen-bond acceptors (Lipinski definition) is 5. The van der Waals surface area contributed by atoms with Crippen LogP contribution < -0.4 is 5.73 Å². The lowest BCUT2D eigenvalue weighted by Gasteiger charge is -2.13. The Morgan fingerprint density at radius 3 is 2.84 bits per heavy atom. The fourth-order valence-electron chi connectivity index (χ4n) is 1.76. The molecule has 2 aromatic rings. The van der Waals surface area contributed by atoms with Gasteiger partial charge in [0.05, 0.1) is 17.2 Å². The molecule has 0 aliphatic carbocycles. The first-order valence-electron chi connectivity index (χ1n) is 6.03. The molecule has 0 fully saturated rings. The van der Waals surface area contributed by atoms with Gasteiger partial charge < -0.3 is 5.73 Å². The van der Waals surface area contributed by atoms with Gasteiger partial charge >= 0.3 is 0 Å². The molecule has 2 heterocycles. The molecule has 2 aromatic heterocycles. The molecule has 0 radical (unpaired) electrons. The molecule has 0 spiro atoms. The molecule has 0 atom stereocenters. The van der Waals surface area contributed by atoms with Crippen LogP contribution in [0.5, 0.6) is 0 Å². The molecule has 5 heteroatoms.